The molecule has 0 aliphatic rings. The van der Waals surface area contributed by atoms with Gasteiger partial charge in [-0.3, -0.25) is 20.2 Å². The fourth-order valence-corrected chi connectivity index (χ4v) is 2.90. The van der Waals surface area contributed by atoms with Crippen molar-refractivity contribution in [3.63, 3.8) is 0 Å². The van der Waals surface area contributed by atoms with Crippen molar-refractivity contribution in [2.45, 2.75) is 52.2 Å². The summed E-state index contributed by atoms with van der Waals surface area (Å²) in [6.45, 7) is 5.52. The van der Waals surface area contributed by atoms with E-state index in [9.17, 15) is 9.59 Å². The third-order valence-corrected chi connectivity index (χ3v) is 4.83. The van der Waals surface area contributed by atoms with Crippen LogP contribution < -0.4 is 10.2 Å². The van der Waals surface area contributed by atoms with Gasteiger partial charge in [-0.25, -0.2) is 4.79 Å². The highest BCUT2D eigenvalue weighted by molar-refractivity contribution is 5.82. The molecule has 0 aliphatic carbocycles. The van der Waals surface area contributed by atoms with Crippen molar-refractivity contribution in [3.05, 3.63) is 65.2 Å². The lowest BCUT2D eigenvalue weighted by atomic mass is 10.1. The Morgan fingerprint density at radius 2 is 1.74 bits per heavy atom. The minimum Gasteiger partial charge on any atom is -0.478 e. The molecule has 0 bridgehead atoms. The normalized spacial score (nSPS) is 11.7. The Morgan fingerprint density at radius 1 is 1.13 bits per heavy atom. The molecule has 1 amide bonds. The minimum atomic E-state index is -1.28. The number of nitrogens with one attached hydrogen (secondary N) is 1. The molecule has 0 atom stereocenters. The van der Waals surface area contributed by atoms with Gasteiger partial charge >= 0.3 is 5.97 Å². The van der Waals surface area contributed by atoms with E-state index in [1.165, 1.54) is 24.4 Å². The first-order valence-corrected chi connectivity index (χ1v) is 10.2. The van der Waals surface area contributed by atoms with Crippen LogP contribution in [-0.2, 0) is 22.6 Å². The van der Waals surface area contributed by atoms with E-state index in [1.807, 2.05) is 43.3 Å². The number of nitrogens with zero attached hydrogens (tertiary/aromatic N) is 2. The fourth-order valence-electron chi connectivity index (χ4n) is 2.90. The molecule has 7 heteroatoms. The van der Waals surface area contributed by atoms with Crippen molar-refractivity contribution in [2.75, 3.05) is 7.05 Å². The van der Waals surface area contributed by atoms with Crippen molar-refractivity contribution in [3.8, 4) is 5.75 Å². The molecule has 0 aliphatic heterocycles. The van der Waals surface area contributed by atoms with Gasteiger partial charge in [0.1, 0.15) is 11.6 Å². The van der Waals surface area contributed by atoms with Crippen molar-refractivity contribution in [2.24, 2.45) is 4.99 Å². The molecule has 0 saturated heterocycles. The molecular formula is C24H31N3O4. The van der Waals surface area contributed by atoms with Crippen molar-refractivity contribution in [1.29, 1.82) is 0 Å². The number of aryl methyl sites for hydroxylation is 2. The molecule has 31 heavy (non-hydrogen) atoms. The van der Waals surface area contributed by atoms with E-state index >= 15 is 0 Å². The predicted octanol–water partition coefficient (Wildman–Crippen LogP) is 3.75. The van der Waals surface area contributed by atoms with Crippen LogP contribution in [0.2, 0.25) is 0 Å². The number of aliphatic carboxylic acids is 1. The molecule has 0 aromatic heterocycles. The monoisotopic (exact) mass is 425 g/mol. The molecule has 7 nitrogen and oxygen atoms in total. The van der Waals surface area contributed by atoms with Crippen LogP contribution in [0.15, 0.2) is 53.5 Å². The summed E-state index contributed by atoms with van der Waals surface area (Å²) in [4.78, 5) is 26.9. The van der Waals surface area contributed by atoms with E-state index in [0.717, 1.165) is 36.2 Å². The summed E-state index contributed by atoms with van der Waals surface area (Å²) in [6.07, 6.45) is 3.13. The Hall–Kier alpha value is -3.35. The van der Waals surface area contributed by atoms with Crippen LogP contribution in [-0.4, -0.2) is 41.0 Å². The number of amidine groups is 1. The number of hydrogen-bond acceptors (Lipinski definition) is 4. The van der Waals surface area contributed by atoms with Crippen LogP contribution in [0, 0.1) is 6.92 Å². The summed E-state index contributed by atoms with van der Waals surface area (Å²) in [5.41, 5.74) is 5.14. The van der Waals surface area contributed by atoms with Gasteiger partial charge in [0.25, 0.3) is 0 Å². The van der Waals surface area contributed by atoms with Crippen LogP contribution >= 0.6 is 0 Å². The van der Waals surface area contributed by atoms with Crippen LogP contribution in [0.25, 0.3) is 0 Å². The number of carbonyl (C=O) groups is 2. The Balaban J connectivity index is 1.83. The van der Waals surface area contributed by atoms with E-state index < -0.39 is 11.6 Å². The van der Waals surface area contributed by atoms with Crippen molar-refractivity contribution < 1.29 is 19.4 Å². The van der Waals surface area contributed by atoms with E-state index in [1.54, 1.807) is 19.2 Å². The number of rotatable bonds is 11. The second-order valence-electron chi connectivity index (χ2n) is 7.92. The second kappa shape index (κ2) is 11.2. The lowest BCUT2D eigenvalue weighted by Gasteiger charge is -2.21. The molecular weight excluding hydrogens is 394 g/mol. The molecule has 2 N–H and O–H groups in total. The number of benzene rings is 2. The number of hydrogen-bond donors (Lipinski definition) is 2. The Kier molecular flexibility index (Phi) is 8.61. The minimum absolute atomic E-state index is 0.455. The van der Waals surface area contributed by atoms with Gasteiger partial charge in [-0.1, -0.05) is 42.0 Å². The summed E-state index contributed by atoms with van der Waals surface area (Å²) in [5.74, 6) is 0.246. The van der Waals surface area contributed by atoms with Crippen molar-refractivity contribution >= 4 is 18.2 Å². The number of carboxylic acids is 1. The third kappa shape index (κ3) is 7.77. The zero-order chi connectivity index (χ0) is 22.9. The molecule has 0 radical (unpaired) electrons. The Labute approximate surface area is 183 Å². The number of ether oxygens (including phenoxy) is 1. The number of carbonyl (C=O) groups excluding carboxylic acids is 1. The quantitative estimate of drug-likeness (QED) is 0.248. The van der Waals surface area contributed by atoms with Gasteiger partial charge in [-0.05, 0) is 56.9 Å². The van der Waals surface area contributed by atoms with E-state index in [4.69, 9.17) is 9.84 Å². The summed E-state index contributed by atoms with van der Waals surface area (Å²) < 4.78 is 5.52. The van der Waals surface area contributed by atoms with Crippen LogP contribution in [0.4, 0.5) is 0 Å². The molecule has 2 rings (SSSR count). The third-order valence-electron chi connectivity index (χ3n) is 4.83. The standard InChI is InChI=1S/C24H31N3O4/c1-18-8-10-20(11-9-18)16-27(17-28)26-22(25-4)7-5-6-19-12-14-21(15-13-19)31-24(2,3)23(29)30/h8-15,17H,5-7,16H2,1-4H3,(H,25,26)(H,29,30). The van der Waals surface area contributed by atoms with Gasteiger partial charge in [0.05, 0.1) is 6.54 Å². The van der Waals surface area contributed by atoms with E-state index in [0.29, 0.717) is 18.7 Å². The van der Waals surface area contributed by atoms with E-state index in [2.05, 4.69) is 10.4 Å². The van der Waals surface area contributed by atoms with Crippen molar-refractivity contribution in [1.82, 2.24) is 10.4 Å². The summed E-state index contributed by atoms with van der Waals surface area (Å²) >= 11 is 0. The van der Waals surface area contributed by atoms with Gasteiger partial charge in [0, 0.05) is 13.5 Å². The predicted molar refractivity (Wildman–Crippen MR) is 121 cm³/mol. The SMILES string of the molecule is CN=C(CCCc1ccc(OC(C)(C)C(=O)O)cc1)NN(C=O)Cc1ccc(C)cc1. The molecule has 0 heterocycles. The Bertz CT molecular complexity index is 890. The number of aliphatic imine (C=N–C) groups is 1. The van der Waals surface area contributed by atoms with Crippen LogP contribution in [0.1, 0.15) is 43.4 Å². The lowest BCUT2D eigenvalue weighted by molar-refractivity contribution is -0.152. The molecule has 166 valence electrons. The first kappa shape index (κ1) is 23.9. The highest BCUT2D eigenvalue weighted by Gasteiger charge is 2.29. The summed E-state index contributed by atoms with van der Waals surface area (Å²) in [7, 11) is 1.70. The number of carboxylic acid groups (broad SMARTS) is 1. The molecule has 0 fully saturated rings. The topological polar surface area (TPSA) is 91.2 Å². The smallest absolute Gasteiger partial charge is 0.347 e. The Morgan fingerprint density at radius 3 is 2.29 bits per heavy atom. The molecule has 0 unspecified atom stereocenters. The number of amides is 1. The average Bonchev–Trinajstić information content (AvgIpc) is 2.74. The van der Waals surface area contributed by atoms with Gasteiger partial charge in [-0.15, -0.1) is 0 Å². The van der Waals surface area contributed by atoms with Gasteiger partial charge in [0.15, 0.2) is 5.60 Å². The van der Waals surface area contributed by atoms with Gasteiger partial charge < -0.3 is 9.84 Å². The van der Waals surface area contributed by atoms with E-state index in [-0.39, 0.29) is 0 Å². The molecule has 0 spiro atoms. The molecule has 2 aromatic carbocycles. The lowest BCUT2D eigenvalue weighted by Crippen LogP contribution is -2.40. The highest BCUT2D eigenvalue weighted by Crippen LogP contribution is 2.20. The molecule has 2 aromatic rings. The average molecular weight is 426 g/mol. The fraction of sp³-hybridized carbons (Fsp3) is 0.375. The first-order chi connectivity index (χ1) is 14.7. The van der Waals surface area contributed by atoms with Crippen LogP contribution in [0.5, 0.6) is 5.75 Å². The maximum Gasteiger partial charge on any atom is 0.347 e. The molecule has 0 saturated carbocycles. The maximum atomic E-state index is 11.5. The highest BCUT2D eigenvalue weighted by atomic mass is 16.5. The summed E-state index contributed by atoms with van der Waals surface area (Å²) in [5, 5.41) is 10.6. The van der Waals surface area contributed by atoms with Gasteiger partial charge in [-0.2, -0.15) is 0 Å². The van der Waals surface area contributed by atoms with Crippen LogP contribution in [0.3, 0.4) is 0 Å². The van der Waals surface area contributed by atoms with Gasteiger partial charge in [0.2, 0.25) is 6.41 Å². The zero-order valence-corrected chi connectivity index (χ0v) is 18.6. The zero-order valence-electron chi connectivity index (χ0n) is 18.6. The second-order valence-corrected chi connectivity index (χ2v) is 7.92. The largest absolute Gasteiger partial charge is 0.478 e. The number of hydrazine groups is 1. The summed E-state index contributed by atoms with van der Waals surface area (Å²) in [6, 6.07) is 15.5. The maximum absolute atomic E-state index is 11.5. The first-order valence-electron chi connectivity index (χ1n) is 10.2.